The summed E-state index contributed by atoms with van der Waals surface area (Å²) < 4.78 is 0. The molecule has 1 aromatic heterocycles. The van der Waals surface area contributed by atoms with Gasteiger partial charge in [0.25, 0.3) is 17.7 Å². The van der Waals surface area contributed by atoms with Crippen LogP contribution >= 0.6 is 11.3 Å². The molecular weight excluding hydrogens is 366 g/mol. The Bertz CT molecular complexity index is 900. The Labute approximate surface area is 160 Å². The number of amides is 4. The maximum atomic E-state index is 12.2. The number of hydrazine groups is 1. The fourth-order valence-corrected chi connectivity index (χ4v) is 3.90. The zero-order valence-electron chi connectivity index (χ0n) is 15.0. The molecule has 0 unspecified atom stereocenters. The number of nitrogens with one attached hydrogen (secondary N) is 2. The first kappa shape index (κ1) is 18.8. The van der Waals surface area contributed by atoms with E-state index in [-0.39, 0.29) is 13.0 Å². The van der Waals surface area contributed by atoms with Crippen molar-refractivity contribution in [1.29, 1.82) is 0 Å². The minimum absolute atomic E-state index is 0.0495. The molecule has 140 valence electrons. The molecule has 0 fully saturated rings. The number of hydrogen-bond acceptors (Lipinski definition) is 5. The Morgan fingerprint density at radius 3 is 2.26 bits per heavy atom. The zero-order chi connectivity index (χ0) is 19.6. The molecule has 1 aliphatic rings. The molecule has 1 aromatic carbocycles. The quantitative estimate of drug-likeness (QED) is 0.608. The molecule has 0 saturated carbocycles. The van der Waals surface area contributed by atoms with Gasteiger partial charge >= 0.3 is 0 Å². The van der Waals surface area contributed by atoms with E-state index in [2.05, 4.69) is 10.9 Å². The first-order chi connectivity index (χ1) is 12.9. The highest BCUT2D eigenvalue weighted by Gasteiger charge is 2.34. The van der Waals surface area contributed by atoms with Crippen molar-refractivity contribution in [2.75, 3.05) is 6.54 Å². The molecule has 2 heterocycles. The van der Waals surface area contributed by atoms with E-state index in [0.717, 1.165) is 21.8 Å². The molecule has 0 radical (unpaired) electrons. The Balaban J connectivity index is 1.51. The first-order valence-electron chi connectivity index (χ1n) is 8.56. The largest absolute Gasteiger partial charge is 0.279 e. The van der Waals surface area contributed by atoms with E-state index < -0.39 is 23.6 Å². The molecule has 0 saturated heterocycles. The number of carbonyl (C=O) groups is 4. The Kier molecular flexibility index (Phi) is 5.36. The maximum absolute atomic E-state index is 12.2. The minimum atomic E-state index is -0.483. The van der Waals surface area contributed by atoms with E-state index in [0.29, 0.717) is 16.0 Å². The number of benzene rings is 1. The van der Waals surface area contributed by atoms with Crippen molar-refractivity contribution in [3.63, 3.8) is 0 Å². The van der Waals surface area contributed by atoms with Gasteiger partial charge in [0.15, 0.2) is 0 Å². The van der Waals surface area contributed by atoms with Crippen molar-refractivity contribution in [2.24, 2.45) is 0 Å². The second kappa shape index (κ2) is 7.71. The average Bonchev–Trinajstić information content (AvgIpc) is 3.16. The van der Waals surface area contributed by atoms with Crippen LogP contribution in [0.3, 0.4) is 0 Å². The first-order valence-corrected chi connectivity index (χ1v) is 9.37. The number of fused-ring (bicyclic) bond motifs is 1. The Morgan fingerprint density at radius 1 is 1.07 bits per heavy atom. The predicted octanol–water partition coefficient (Wildman–Crippen LogP) is 2.07. The summed E-state index contributed by atoms with van der Waals surface area (Å²) >= 11 is 1.39. The third kappa shape index (κ3) is 3.75. The van der Waals surface area contributed by atoms with Crippen LogP contribution in [0.2, 0.25) is 0 Å². The van der Waals surface area contributed by atoms with E-state index in [9.17, 15) is 19.2 Å². The smallest absolute Gasteiger partial charge is 0.274 e. The highest BCUT2D eigenvalue weighted by molar-refractivity contribution is 7.14. The highest BCUT2D eigenvalue weighted by Crippen LogP contribution is 2.23. The van der Waals surface area contributed by atoms with E-state index in [1.54, 1.807) is 30.3 Å². The van der Waals surface area contributed by atoms with Crippen molar-refractivity contribution < 1.29 is 19.2 Å². The minimum Gasteiger partial charge on any atom is -0.274 e. The molecule has 0 bridgehead atoms. The molecule has 7 nitrogen and oxygen atoms in total. The van der Waals surface area contributed by atoms with Gasteiger partial charge in [-0.25, -0.2) is 0 Å². The summed E-state index contributed by atoms with van der Waals surface area (Å²) in [5, 5.41) is 0. The molecule has 0 aliphatic carbocycles. The summed E-state index contributed by atoms with van der Waals surface area (Å²) in [6.07, 6.45) is 0.742. The van der Waals surface area contributed by atoms with Crippen LogP contribution in [0.5, 0.6) is 0 Å². The lowest BCUT2D eigenvalue weighted by molar-refractivity contribution is -0.121. The lowest BCUT2D eigenvalue weighted by Gasteiger charge is -2.13. The predicted molar refractivity (Wildman–Crippen MR) is 100 cm³/mol. The Hall–Kier alpha value is -3.00. The molecule has 27 heavy (non-hydrogen) atoms. The van der Waals surface area contributed by atoms with Crippen LogP contribution < -0.4 is 10.9 Å². The third-order valence-corrected chi connectivity index (χ3v) is 5.70. The zero-order valence-corrected chi connectivity index (χ0v) is 15.8. The third-order valence-electron chi connectivity index (χ3n) is 4.32. The van der Waals surface area contributed by atoms with Crippen molar-refractivity contribution in [3.8, 4) is 0 Å². The molecule has 3 rings (SSSR count). The average molecular weight is 385 g/mol. The summed E-state index contributed by atoms with van der Waals surface area (Å²) in [6.45, 7) is 3.90. The second-order valence-electron chi connectivity index (χ2n) is 6.13. The van der Waals surface area contributed by atoms with E-state index in [1.165, 1.54) is 11.3 Å². The molecule has 8 heteroatoms. The van der Waals surface area contributed by atoms with Gasteiger partial charge in [0.2, 0.25) is 5.91 Å². The van der Waals surface area contributed by atoms with Crippen molar-refractivity contribution in [1.82, 2.24) is 15.8 Å². The topological polar surface area (TPSA) is 95.6 Å². The maximum Gasteiger partial charge on any atom is 0.279 e. The summed E-state index contributed by atoms with van der Waals surface area (Å²) in [4.78, 5) is 51.2. The fraction of sp³-hybridized carbons (Fsp3) is 0.263. The Morgan fingerprint density at radius 2 is 1.70 bits per heavy atom. The van der Waals surface area contributed by atoms with Gasteiger partial charge in [-0.1, -0.05) is 19.1 Å². The summed E-state index contributed by atoms with van der Waals surface area (Å²) in [6, 6.07) is 8.33. The molecule has 1 aliphatic heterocycles. The number of thiophene rings is 1. The molecule has 2 N–H and O–H groups in total. The van der Waals surface area contributed by atoms with Gasteiger partial charge in [-0.15, -0.1) is 11.3 Å². The van der Waals surface area contributed by atoms with Crippen LogP contribution in [0.15, 0.2) is 30.3 Å². The van der Waals surface area contributed by atoms with E-state index in [4.69, 9.17) is 0 Å². The van der Waals surface area contributed by atoms with Crippen molar-refractivity contribution >= 4 is 35.0 Å². The van der Waals surface area contributed by atoms with Crippen molar-refractivity contribution in [3.05, 3.63) is 56.8 Å². The molecule has 0 atom stereocenters. The van der Waals surface area contributed by atoms with Gasteiger partial charge in [-0.2, -0.15) is 0 Å². The van der Waals surface area contributed by atoms with Crippen LogP contribution in [0.1, 0.15) is 54.2 Å². The standard InChI is InChI=1S/C19H19N3O4S/c1-3-14-11(2)10-15(27-14)17(24)21-20-16(23)8-9-22-18(25)12-6-4-5-7-13(12)19(22)26/h4-7,10H,3,8-9H2,1-2H3,(H,20,23)(H,21,24). The van der Waals surface area contributed by atoms with Gasteiger partial charge in [-0.05, 0) is 37.1 Å². The monoisotopic (exact) mass is 385 g/mol. The van der Waals surface area contributed by atoms with Gasteiger partial charge in [-0.3, -0.25) is 34.9 Å². The summed E-state index contributed by atoms with van der Waals surface area (Å²) in [5.74, 6) is -1.69. The van der Waals surface area contributed by atoms with Gasteiger partial charge in [0.05, 0.1) is 16.0 Å². The SMILES string of the molecule is CCc1sc(C(=O)NNC(=O)CCN2C(=O)c3ccccc3C2=O)cc1C. The van der Waals surface area contributed by atoms with Crippen LogP contribution in [-0.4, -0.2) is 35.1 Å². The number of hydrogen-bond donors (Lipinski definition) is 2. The van der Waals surface area contributed by atoms with E-state index in [1.807, 2.05) is 13.8 Å². The van der Waals surface area contributed by atoms with Crippen LogP contribution in [0, 0.1) is 6.92 Å². The number of nitrogens with zero attached hydrogens (tertiary/aromatic N) is 1. The van der Waals surface area contributed by atoms with Gasteiger partial charge in [0.1, 0.15) is 0 Å². The van der Waals surface area contributed by atoms with Gasteiger partial charge in [0, 0.05) is 17.8 Å². The van der Waals surface area contributed by atoms with Crippen LogP contribution in [-0.2, 0) is 11.2 Å². The summed E-state index contributed by atoms with van der Waals surface area (Å²) in [5.41, 5.74) is 6.42. The summed E-state index contributed by atoms with van der Waals surface area (Å²) in [7, 11) is 0. The number of rotatable bonds is 5. The molecule has 0 spiro atoms. The van der Waals surface area contributed by atoms with Gasteiger partial charge < -0.3 is 0 Å². The lowest BCUT2D eigenvalue weighted by Crippen LogP contribution is -2.43. The van der Waals surface area contributed by atoms with Crippen molar-refractivity contribution in [2.45, 2.75) is 26.7 Å². The van der Waals surface area contributed by atoms with E-state index >= 15 is 0 Å². The number of aryl methyl sites for hydroxylation is 2. The number of carbonyl (C=O) groups excluding carboxylic acids is 4. The second-order valence-corrected chi connectivity index (χ2v) is 7.27. The molecular formula is C19H19N3O4S. The number of imide groups is 1. The lowest BCUT2D eigenvalue weighted by atomic mass is 10.1. The fourth-order valence-electron chi connectivity index (χ4n) is 2.89. The molecule has 2 aromatic rings. The van der Waals surface area contributed by atoms with Crippen LogP contribution in [0.25, 0.3) is 0 Å². The normalized spacial score (nSPS) is 12.9. The highest BCUT2D eigenvalue weighted by atomic mass is 32.1. The molecule has 4 amide bonds. The van der Waals surface area contributed by atoms with Crippen LogP contribution in [0.4, 0.5) is 0 Å².